The van der Waals surface area contributed by atoms with E-state index in [1.54, 1.807) is 42.5 Å². The number of hydrogen-bond donors (Lipinski definition) is 0. The van der Waals surface area contributed by atoms with Crippen LogP contribution >= 0.6 is 0 Å². The predicted molar refractivity (Wildman–Crippen MR) is 93.4 cm³/mol. The Hall–Kier alpha value is -3.71. The molecule has 9 heteroatoms. The molecule has 3 aromatic rings. The van der Waals surface area contributed by atoms with Gasteiger partial charge in [-0.2, -0.15) is 0 Å². The van der Waals surface area contributed by atoms with E-state index in [-0.39, 0.29) is 6.54 Å². The molecular formula is C17H13N5O4. The minimum atomic E-state index is -0.498. The minimum Gasteiger partial charge on any atom is -0.444 e. The van der Waals surface area contributed by atoms with Crippen molar-refractivity contribution in [3.63, 3.8) is 0 Å². The molecule has 1 amide bonds. The molecule has 0 radical (unpaired) electrons. The number of anilines is 1. The summed E-state index contributed by atoms with van der Waals surface area (Å²) >= 11 is 0. The maximum Gasteiger partial charge on any atom is 0.424 e. The van der Waals surface area contributed by atoms with Gasteiger partial charge in [0.25, 0.3) is 0 Å². The van der Waals surface area contributed by atoms with Gasteiger partial charge in [-0.3, -0.25) is 4.90 Å². The fourth-order valence-corrected chi connectivity index (χ4v) is 2.95. The van der Waals surface area contributed by atoms with Gasteiger partial charge in [-0.1, -0.05) is 17.2 Å². The van der Waals surface area contributed by atoms with Crippen LogP contribution in [0.15, 0.2) is 62.9 Å². The number of aromatic nitrogens is 1. The third-order valence-corrected chi connectivity index (χ3v) is 4.13. The second kappa shape index (κ2) is 6.30. The van der Waals surface area contributed by atoms with Gasteiger partial charge < -0.3 is 9.15 Å². The SMILES string of the molecule is [N-]=[N+]=NCC1CN(c2ccc(-n3c(=O)oc4ccccc43)cc2)C(=O)O1. The lowest BCUT2D eigenvalue weighted by Crippen LogP contribution is -2.25. The van der Waals surface area contributed by atoms with E-state index in [4.69, 9.17) is 14.7 Å². The van der Waals surface area contributed by atoms with Crippen molar-refractivity contribution in [1.29, 1.82) is 0 Å². The van der Waals surface area contributed by atoms with Crippen LogP contribution in [-0.2, 0) is 4.74 Å². The van der Waals surface area contributed by atoms with E-state index in [1.807, 2.05) is 6.07 Å². The van der Waals surface area contributed by atoms with Crippen LogP contribution in [0, 0.1) is 0 Å². The monoisotopic (exact) mass is 351 g/mol. The van der Waals surface area contributed by atoms with E-state index < -0.39 is 18.0 Å². The maximum absolute atomic E-state index is 12.1. The number of para-hydroxylation sites is 2. The summed E-state index contributed by atoms with van der Waals surface area (Å²) in [5, 5.41) is 3.43. The van der Waals surface area contributed by atoms with Crippen molar-refractivity contribution < 1.29 is 13.9 Å². The van der Waals surface area contributed by atoms with Gasteiger partial charge >= 0.3 is 11.8 Å². The van der Waals surface area contributed by atoms with Gasteiger partial charge in [0, 0.05) is 10.6 Å². The van der Waals surface area contributed by atoms with Crippen molar-refractivity contribution in [1.82, 2.24) is 4.57 Å². The van der Waals surface area contributed by atoms with Crippen molar-refractivity contribution in [3.8, 4) is 5.69 Å². The number of benzene rings is 2. The zero-order valence-electron chi connectivity index (χ0n) is 13.5. The molecule has 0 N–H and O–H groups in total. The van der Waals surface area contributed by atoms with Gasteiger partial charge in [0.1, 0.15) is 6.10 Å². The molecule has 130 valence electrons. The number of azide groups is 1. The molecule has 1 aromatic heterocycles. The number of cyclic esters (lactones) is 1. The molecule has 0 saturated carbocycles. The molecule has 0 bridgehead atoms. The lowest BCUT2D eigenvalue weighted by molar-refractivity contribution is 0.145. The van der Waals surface area contributed by atoms with Gasteiger partial charge in [-0.15, -0.1) is 0 Å². The Balaban J connectivity index is 1.63. The highest BCUT2D eigenvalue weighted by molar-refractivity contribution is 5.90. The van der Waals surface area contributed by atoms with Crippen LogP contribution in [-0.4, -0.2) is 29.9 Å². The molecule has 26 heavy (non-hydrogen) atoms. The number of nitrogens with zero attached hydrogens (tertiary/aromatic N) is 5. The lowest BCUT2D eigenvalue weighted by atomic mass is 10.2. The van der Waals surface area contributed by atoms with E-state index in [2.05, 4.69) is 10.0 Å². The van der Waals surface area contributed by atoms with Crippen LogP contribution in [0.1, 0.15) is 0 Å². The number of fused-ring (bicyclic) bond motifs is 1. The Morgan fingerprint density at radius 1 is 1.12 bits per heavy atom. The number of oxazole rings is 1. The van der Waals surface area contributed by atoms with Crippen LogP contribution in [0.2, 0.25) is 0 Å². The summed E-state index contributed by atoms with van der Waals surface area (Å²) in [4.78, 5) is 28.3. The normalized spacial score (nSPS) is 16.5. The van der Waals surface area contributed by atoms with Gasteiger partial charge in [0.15, 0.2) is 5.58 Å². The highest BCUT2D eigenvalue weighted by Gasteiger charge is 2.31. The Kier molecular flexibility index (Phi) is 3.83. The van der Waals surface area contributed by atoms with Crippen LogP contribution in [0.3, 0.4) is 0 Å². The summed E-state index contributed by atoms with van der Waals surface area (Å²) in [6, 6.07) is 14.1. The van der Waals surface area contributed by atoms with Crippen LogP contribution < -0.4 is 10.7 Å². The highest BCUT2D eigenvalue weighted by atomic mass is 16.6. The summed E-state index contributed by atoms with van der Waals surface area (Å²) < 4.78 is 11.9. The first-order valence-corrected chi connectivity index (χ1v) is 7.87. The molecule has 1 aliphatic rings. The van der Waals surface area contributed by atoms with Crippen molar-refractivity contribution in [3.05, 3.63) is 69.5 Å². The fourth-order valence-electron chi connectivity index (χ4n) is 2.95. The zero-order chi connectivity index (χ0) is 18.1. The molecule has 2 aromatic carbocycles. The van der Waals surface area contributed by atoms with Crippen LogP contribution in [0.25, 0.3) is 27.2 Å². The first-order chi connectivity index (χ1) is 12.7. The van der Waals surface area contributed by atoms with Crippen molar-refractivity contribution in [2.45, 2.75) is 6.10 Å². The van der Waals surface area contributed by atoms with E-state index in [0.29, 0.717) is 29.0 Å². The second-order valence-electron chi connectivity index (χ2n) is 5.72. The molecule has 1 fully saturated rings. The number of hydrogen-bond acceptors (Lipinski definition) is 5. The number of carbonyl (C=O) groups excluding carboxylic acids is 1. The number of rotatable bonds is 4. The zero-order valence-corrected chi connectivity index (χ0v) is 13.5. The minimum absolute atomic E-state index is 0.0905. The van der Waals surface area contributed by atoms with Crippen LogP contribution in [0.5, 0.6) is 0 Å². The summed E-state index contributed by atoms with van der Waals surface area (Å²) in [5.74, 6) is -0.478. The summed E-state index contributed by atoms with van der Waals surface area (Å²) in [6.07, 6.45) is -0.972. The Morgan fingerprint density at radius 3 is 2.62 bits per heavy atom. The smallest absolute Gasteiger partial charge is 0.424 e. The van der Waals surface area contributed by atoms with E-state index in [1.165, 1.54) is 9.47 Å². The number of carbonyl (C=O) groups is 1. The number of ether oxygens (including phenoxy) is 1. The van der Waals surface area contributed by atoms with Crippen molar-refractivity contribution >= 4 is 22.9 Å². The average Bonchev–Trinajstić information content (AvgIpc) is 3.19. The average molecular weight is 351 g/mol. The number of amides is 1. The Bertz CT molecular complexity index is 1080. The second-order valence-corrected chi connectivity index (χ2v) is 5.72. The molecule has 1 unspecified atom stereocenters. The van der Waals surface area contributed by atoms with Gasteiger partial charge in [-0.05, 0) is 41.9 Å². The van der Waals surface area contributed by atoms with Crippen molar-refractivity contribution in [2.75, 3.05) is 18.0 Å². The van der Waals surface area contributed by atoms with Gasteiger partial charge in [-0.25, -0.2) is 14.2 Å². The maximum atomic E-state index is 12.1. The van der Waals surface area contributed by atoms with E-state index in [9.17, 15) is 9.59 Å². The van der Waals surface area contributed by atoms with E-state index in [0.717, 1.165) is 0 Å². The predicted octanol–water partition coefficient (Wildman–Crippen LogP) is 3.22. The summed E-state index contributed by atoms with van der Waals surface area (Å²) in [7, 11) is 0. The Labute approximate surface area is 146 Å². The molecule has 9 nitrogen and oxygen atoms in total. The largest absolute Gasteiger partial charge is 0.444 e. The molecule has 1 aliphatic heterocycles. The first kappa shape index (κ1) is 15.8. The molecule has 0 aliphatic carbocycles. The highest BCUT2D eigenvalue weighted by Crippen LogP contribution is 2.24. The molecule has 1 saturated heterocycles. The Morgan fingerprint density at radius 2 is 1.85 bits per heavy atom. The standard InChI is InChI=1S/C17H13N5O4/c18-20-19-9-13-10-21(16(23)25-13)11-5-7-12(8-6-11)22-14-3-1-2-4-15(14)26-17(22)24/h1-8,13H,9-10H2. The summed E-state index contributed by atoms with van der Waals surface area (Å²) in [5.41, 5.74) is 10.8. The summed E-state index contributed by atoms with van der Waals surface area (Å²) in [6.45, 7) is 0.388. The lowest BCUT2D eigenvalue weighted by Gasteiger charge is -2.13. The fraction of sp³-hybridized carbons (Fsp3) is 0.176. The third kappa shape index (κ3) is 2.66. The van der Waals surface area contributed by atoms with Crippen molar-refractivity contribution in [2.24, 2.45) is 5.11 Å². The first-order valence-electron chi connectivity index (χ1n) is 7.87. The third-order valence-electron chi connectivity index (χ3n) is 4.13. The van der Waals surface area contributed by atoms with Gasteiger partial charge in [0.05, 0.1) is 24.3 Å². The molecule has 1 atom stereocenters. The van der Waals surface area contributed by atoms with Crippen LogP contribution in [0.4, 0.5) is 10.5 Å². The molecule has 2 heterocycles. The quantitative estimate of drug-likeness (QED) is 0.408. The molecule has 0 spiro atoms. The topological polar surface area (TPSA) is 113 Å². The van der Waals surface area contributed by atoms with E-state index >= 15 is 0 Å². The molecule has 4 rings (SSSR count). The van der Waals surface area contributed by atoms with Gasteiger partial charge in [0.2, 0.25) is 0 Å². The molecular weight excluding hydrogens is 338 g/mol.